The summed E-state index contributed by atoms with van der Waals surface area (Å²) >= 11 is 0. The van der Waals surface area contributed by atoms with Gasteiger partial charge in [0.1, 0.15) is 5.60 Å². The smallest absolute Gasteiger partial charge is 0.550 e. The quantitative estimate of drug-likeness (QED) is 0.435. The third-order valence-electron chi connectivity index (χ3n) is 1.25. The van der Waals surface area contributed by atoms with Gasteiger partial charge in [-0.3, -0.25) is 0 Å². The average molecular weight is 421 g/mol. The van der Waals surface area contributed by atoms with Gasteiger partial charge in [-0.05, 0) is 0 Å². The van der Waals surface area contributed by atoms with Gasteiger partial charge in [-0.2, -0.15) is 0 Å². The van der Waals surface area contributed by atoms with Crippen LogP contribution in [0.3, 0.4) is 0 Å². The Kier molecular flexibility index (Phi) is 11.6. The van der Waals surface area contributed by atoms with Crippen LogP contribution in [0, 0.1) is 0 Å². The Morgan fingerprint density at radius 2 is 1.27 bits per heavy atom. The first-order chi connectivity index (χ1) is 5.78. The van der Waals surface area contributed by atoms with Crippen LogP contribution in [0.4, 0.5) is 0 Å². The van der Waals surface area contributed by atoms with Crippen LogP contribution in [0.1, 0.15) is 12.8 Å². The molecule has 0 aliphatic carbocycles. The second kappa shape index (κ2) is 8.41. The zero-order valence-electron chi connectivity index (χ0n) is 7.76. The molecule has 0 spiro atoms. The molecule has 7 nitrogen and oxygen atoms in total. The first-order valence-electron chi connectivity index (χ1n) is 3.11. The molecule has 0 amide bonds. The zero-order valence-corrected chi connectivity index (χ0v) is 13.2. The topological polar surface area (TPSA) is 141 Å². The van der Waals surface area contributed by atoms with E-state index in [-0.39, 0.29) is 55.8 Å². The van der Waals surface area contributed by atoms with Gasteiger partial charge >= 0.3 is 55.8 Å². The van der Waals surface area contributed by atoms with E-state index >= 15 is 0 Å². The van der Waals surface area contributed by atoms with Crippen LogP contribution in [0.5, 0.6) is 0 Å². The molecule has 0 aromatic heterocycles. The van der Waals surface area contributed by atoms with Crippen molar-refractivity contribution in [3.8, 4) is 0 Å². The molecule has 0 fully saturated rings. The summed E-state index contributed by atoms with van der Waals surface area (Å²) < 4.78 is 0. The van der Waals surface area contributed by atoms with Crippen LogP contribution >= 0.6 is 0 Å². The van der Waals surface area contributed by atoms with Gasteiger partial charge in [-0.25, -0.2) is 0 Å². The molecule has 0 atom stereocenters. The second-order valence-electron chi connectivity index (χ2n) is 2.42. The summed E-state index contributed by atoms with van der Waals surface area (Å²) in [6.07, 6.45) is -2.72. The summed E-state index contributed by atoms with van der Waals surface area (Å²) in [6, 6.07) is 0. The number of carboxylic acids is 3. The van der Waals surface area contributed by atoms with Gasteiger partial charge < -0.3 is 34.8 Å². The monoisotopic (exact) mass is 421 g/mol. The Bertz CT molecular complexity index is 238. The molecule has 0 unspecified atom stereocenters. The molecule has 0 rings (SSSR count). The molecule has 0 heterocycles. The van der Waals surface area contributed by atoms with E-state index in [1.807, 2.05) is 0 Å². The molecular weight excluding hydrogens is 416 g/mol. The number of carbonyl (C=O) groups excluding carboxylic acids is 3. The van der Waals surface area contributed by atoms with Crippen molar-refractivity contribution in [2.45, 2.75) is 18.4 Å². The van der Waals surface area contributed by atoms with Crippen molar-refractivity contribution in [2.24, 2.45) is 0 Å². The molecule has 0 bridgehead atoms. The molecule has 0 aliphatic heterocycles. The van der Waals surface area contributed by atoms with E-state index < -0.39 is 36.4 Å². The van der Waals surface area contributed by atoms with Crippen molar-refractivity contribution in [2.75, 3.05) is 0 Å². The molecule has 0 saturated heterocycles. The van der Waals surface area contributed by atoms with Gasteiger partial charge in [0.15, 0.2) is 0 Å². The fourth-order valence-corrected chi connectivity index (χ4v) is 0.684. The van der Waals surface area contributed by atoms with Crippen molar-refractivity contribution in [3.63, 3.8) is 0 Å². The van der Waals surface area contributed by atoms with Gasteiger partial charge in [0, 0.05) is 24.8 Å². The number of aliphatic hydroxyl groups is 1. The predicted octanol–water partition coefficient (Wildman–Crippen LogP) is -8.63. The minimum Gasteiger partial charge on any atom is -0.550 e. The van der Waals surface area contributed by atoms with Crippen molar-refractivity contribution < 1.29 is 64.4 Å². The summed E-state index contributed by atoms with van der Waals surface area (Å²) in [5.74, 6) is -5.98. The number of carboxylic acid groups (broad SMARTS) is 3. The van der Waals surface area contributed by atoms with Crippen molar-refractivity contribution in [1.29, 1.82) is 0 Å². The van der Waals surface area contributed by atoms with Gasteiger partial charge in [0.05, 0.1) is 5.97 Å². The van der Waals surface area contributed by atoms with Crippen molar-refractivity contribution >= 4 is 44.1 Å². The van der Waals surface area contributed by atoms with Crippen LogP contribution < -0.4 is 44.9 Å². The van der Waals surface area contributed by atoms with Crippen LogP contribution in [-0.2, 0) is 14.4 Å². The molecule has 15 heavy (non-hydrogen) atoms. The number of hydrogen-bond donors (Lipinski definition) is 1. The molecule has 76 valence electrons. The van der Waals surface area contributed by atoms with E-state index in [1.54, 1.807) is 0 Å². The van der Waals surface area contributed by atoms with Crippen LogP contribution in [0.2, 0.25) is 0 Å². The van der Waals surface area contributed by atoms with E-state index in [0.717, 1.165) is 0 Å². The number of carbonyl (C=O) groups is 3. The van der Waals surface area contributed by atoms with E-state index in [0.29, 0.717) is 0 Å². The Hall–Kier alpha value is 0.253. The van der Waals surface area contributed by atoms with Gasteiger partial charge in [0.25, 0.3) is 0 Å². The Morgan fingerprint density at radius 1 is 1.00 bits per heavy atom. The second-order valence-corrected chi connectivity index (χ2v) is 2.42. The maximum atomic E-state index is 10.1. The normalized spacial score (nSPS) is 9.40. The fraction of sp³-hybridized carbons (Fsp3) is 0.500. The minimum absolute atomic E-state index is 0. The standard InChI is InChI=1S/C6H8O7.Bi.Na/c7-3(8)1-6(13,5(11)12)2-4(9)10;;/h13H,1-2H2,(H,7,8)(H,9,10)(H,11,12);;/q;+3;+1/p-3. The number of aliphatic carboxylic acids is 3. The minimum atomic E-state index is -2.97. The van der Waals surface area contributed by atoms with Gasteiger partial charge in [-0.1, -0.05) is 0 Å². The Morgan fingerprint density at radius 3 is 1.40 bits per heavy atom. The molecule has 0 aliphatic rings. The summed E-state index contributed by atoms with van der Waals surface area (Å²) in [5, 5.41) is 38.9. The molecule has 2 radical (unpaired) electrons. The van der Waals surface area contributed by atoms with Crippen LogP contribution in [0.25, 0.3) is 0 Å². The first kappa shape index (κ1) is 20.6. The Labute approximate surface area is 126 Å². The average Bonchev–Trinajstić information content (AvgIpc) is 1.82. The Balaban J connectivity index is -0.000000720. The summed E-state index contributed by atoms with van der Waals surface area (Å²) in [6.45, 7) is 0. The summed E-state index contributed by atoms with van der Waals surface area (Å²) in [4.78, 5) is 30.0. The van der Waals surface area contributed by atoms with E-state index in [9.17, 15) is 29.7 Å². The number of rotatable bonds is 5. The van der Waals surface area contributed by atoms with E-state index in [1.165, 1.54) is 0 Å². The zero-order chi connectivity index (χ0) is 10.6. The van der Waals surface area contributed by atoms with E-state index in [4.69, 9.17) is 5.11 Å². The van der Waals surface area contributed by atoms with Gasteiger partial charge in [-0.15, -0.1) is 0 Å². The third kappa shape index (κ3) is 8.10. The van der Waals surface area contributed by atoms with Crippen LogP contribution in [0.15, 0.2) is 0 Å². The predicted molar refractivity (Wildman–Crippen MR) is 35.0 cm³/mol. The third-order valence-corrected chi connectivity index (χ3v) is 1.25. The first-order valence-corrected chi connectivity index (χ1v) is 3.11. The molecule has 0 aromatic carbocycles. The van der Waals surface area contributed by atoms with Crippen LogP contribution in [-0.4, -0.2) is 54.8 Å². The molecule has 0 saturated carbocycles. The number of hydrogen-bond acceptors (Lipinski definition) is 7. The van der Waals surface area contributed by atoms with E-state index in [2.05, 4.69) is 0 Å². The van der Waals surface area contributed by atoms with Gasteiger partial charge in [0.2, 0.25) is 0 Å². The molecule has 1 N–H and O–H groups in total. The molecule has 0 aromatic rings. The molecular formula is C6H5BiNaO7+. The van der Waals surface area contributed by atoms with Crippen molar-refractivity contribution in [1.82, 2.24) is 0 Å². The maximum absolute atomic E-state index is 10.1. The summed E-state index contributed by atoms with van der Waals surface area (Å²) in [7, 11) is 0. The fourth-order valence-electron chi connectivity index (χ4n) is 0.684. The molecule has 9 heteroatoms. The largest absolute Gasteiger partial charge is 3.00 e. The summed E-state index contributed by atoms with van der Waals surface area (Å²) in [5.41, 5.74) is -2.97. The SMILES string of the molecule is O=C([O-])CC(O)(CC(=O)[O-])C(=O)[O-].[Bi+3].[Na+]. The van der Waals surface area contributed by atoms with Crippen molar-refractivity contribution in [3.05, 3.63) is 0 Å². The maximum Gasteiger partial charge on any atom is 3.00 e.